The molecule has 1 aromatic rings. The Morgan fingerprint density at radius 2 is 1.49 bits per heavy atom. The third-order valence-electron chi connectivity index (χ3n) is 7.89. The molecule has 1 heterocycles. The molecule has 0 saturated carbocycles. The van der Waals surface area contributed by atoms with E-state index in [1.807, 2.05) is 30.3 Å². The summed E-state index contributed by atoms with van der Waals surface area (Å²) < 4.78 is 24.1. The van der Waals surface area contributed by atoms with Gasteiger partial charge in [0.1, 0.15) is 18.8 Å². The minimum absolute atomic E-state index is 0.0420. The van der Waals surface area contributed by atoms with Crippen molar-refractivity contribution < 1.29 is 33.0 Å². The number of amides is 1. The predicted octanol–water partition coefficient (Wildman–Crippen LogP) is 6.53. The number of rotatable bonds is 11. The highest BCUT2D eigenvalue weighted by molar-refractivity contribution is 6.77. The van der Waals surface area contributed by atoms with Gasteiger partial charge in [0, 0.05) is 0 Å². The van der Waals surface area contributed by atoms with Crippen LogP contribution >= 0.6 is 0 Å². The molecule has 1 aliphatic heterocycles. The molecule has 2 rings (SSSR count). The lowest BCUT2D eigenvalue weighted by molar-refractivity contribution is -0.159. The van der Waals surface area contributed by atoms with Crippen molar-refractivity contribution in [2.45, 2.75) is 129 Å². The standard InChI is InChI=1S/C30H49NO7Si/c1-10-11-17-25-27(38-39(19(2)3,20(4)5)21(6)7)23(9)37-29(33)26(22(8)36-28(25)32)31-30(34)35-18-24-15-13-12-14-16-24/h12-16,19-23,25-27H,10-11,17-18H2,1-9H3,(H,31,34)/t22-,23+,25-,26+,27+/m1/s1. The highest BCUT2D eigenvalue weighted by Gasteiger charge is 2.51. The van der Waals surface area contributed by atoms with E-state index in [2.05, 4.69) is 53.8 Å². The van der Waals surface area contributed by atoms with Gasteiger partial charge in [-0.15, -0.1) is 0 Å². The second kappa shape index (κ2) is 14.8. The van der Waals surface area contributed by atoms with Crippen LogP contribution in [-0.4, -0.2) is 50.7 Å². The van der Waals surface area contributed by atoms with Crippen molar-refractivity contribution in [1.29, 1.82) is 0 Å². The Kier molecular flexibility index (Phi) is 12.5. The zero-order valence-corrected chi connectivity index (χ0v) is 26.2. The molecule has 1 N–H and O–H groups in total. The normalized spacial score (nSPS) is 24.6. The van der Waals surface area contributed by atoms with Crippen molar-refractivity contribution in [2.24, 2.45) is 5.92 Å². The molecule has 9 heteroatoms. The first-order valence-corrected chi connectivity index (χ1v) is 16.5. The van der Waals surface area contributed by atoms with Gasteiger partial charge in [0.25, 0.3) is 0 Å². The summed E-state index contributed by atoms with van der Waals surface area (Å²) in [7, 11) is -2.44. The van der Waals surface area contributed by atoms with E-state index in [4.69, 9.17) is 18.6 Å². The zero-order chi connectivity index (χ0) is 29.3. The maximum absolute atomic E-state index is 13.6. The Hall–Kier alpha value is -2.39. The first-order chi connectivity index (χ1) is 18.3. The van der Waals surface area contributed by atoms with E-state index in [-0.39, 0.29) is 23.2 Å². The maximum atomic E-state index is 13.6. The van der Waals surface area contributed by atoms with E-state index in [0.717, 1.165) is 18.4 Å². The van der Waals surface area contributed by atoms with Gasteiger partial charge in [-0.2, -0.15) is 0 Å². The molecule has 0 unspecified atom stereocenters. The molecule has 5 atom stereocenters. The number of esters is 2. The largest absolute Gasteiger partial charge is 0.460 e. The second-order valence-electron chi connectivity index (χ2n) is 11.6. The summed E-state index contributed by atoms with van der Waals surface area (Å²) in [5, 5.41) is 2.56. The molecule has 0 radical (unpaired) electrons. The smallest absolute Gasteiger partial charge is 0.408 e. The van der Waals surface area contributed by atoms with E-state index in [0.29, 0.717) is 6.42 Å². The molecule has 1 aromatic carbocycles. The van der Waals surface area contributed by atoms with Gasteiger partial charge in [0.05, 0.1) is 12.0 Å². The fraction of sp³-hybridized carbons (Fsp3) is 0.700. The minimum atomic E-state index is -2.44. The van der Waals surface area contributed by atoms with Gasteiger partial charge in [-0.1, -0.05) is 91.6 Å². The van der Waals surface area contributed by atoms with Crippen molar-refractivity contribution in [3.05, 3.63) is 35.9 Å². The molecule has 0 bridgehead atoms. The lowest BCUT2D eigenvalue weighted by atomic mass is 9.93. The van der Waals surface area contributed by atoms with Crippen LogP contribution in [0.15, 0.2) is 30.3 Å². The summed E-state index contributed by atoms with van der Waals surface area (Å²) in [4.78, 5) is 39.6. The van der Waals surface area contributed by atoms with E-state index in [1.54, 1.807) is 13.8 Å². The van der Waals surface area contributed by atoms with E-state index in [9.17, 15) is 14.4 Å². The van der Waals surface area contributed by atoms with Crippen LogP contribution in [0, 0.1) is 5.92 Å². The van der Waals surface area contributed by atoms with Gasteiger partial charge in [0.2, 0.25) is 8.32 Å². The first-order valence-electron chi connectivity index (χ1n) is 14.4. The average molecular weight is 564 g/mol. The lowest BCUT2D eigenvalue weighted by Gasteiger charge is -2.46. The molecule has 1 saturated heterocycles. The maximum Gasteiger partial charge on any atom is 0.408 e. The summed E-state index contributed by atoms with van der Waals surface area (Å²) in [6, 6.07) is 8.01. The van der Waals surface area contributed by atoms with Crippen LogP contribution in [0.4, 0.5) is 4.79 Å². The van der Waals surface area contributed by atoms with Crippen LogP contribution in [0.25, 0.3) is 0 Å². The Bertz CT molecular complexity index is 915. The van der Waals surface area contributed by atoms with E-state index in [1.165, 1.54) is 0 Å². The zero-order valence-electron chi connectivity index (χ0n) is 25.2. The summed E-state index contributed by atoms with van der Waals surface area (Å²) in [6.07, 6.45) is -0.846. The van der Waals surface area contributed by atoms with Gasteiger partial charge in [0.15, 0.2) is 6.04 Å². The number of hydrogen-bond acceptors (Lipinski definition) is 7. The van der Waals surface area contributed by atoms with Gasteiger partial charge < -0.3 is 24.0 Å². The fourth-order valence-electron chi connectivity index (χ4n) is 5.91. The topological polar surface area (TPSA) is 100 Å². The van der Waals surface area contributed by atoms with E-state index < -0.39 is 56.6 Å². The fourth-order valence-corrected chi connectivity index (χ4v) is 11.6. The monoisotopic (exact) mass is 563 g/mol. The molecule has 0 aliphatic carbocycles. The number of carbonyl (C=O) groups is 3. The van der Waals surface area contributed by atoms with Crippen molar-refractivity contribution >= 4 is 26.3 Å². The molecule has 39 heavy (non-hydrogen) atoms. The summed E-state index contributed by atoms with van der Waals surface area (Å²) in [5.74, 6) is -1.72. The van der Waals surface area contributed by atoms with Crippen molar-refractivity contribution in [2.75, 3.05) is 0 Å². The summed E-state index contributed by atoms with van der Waals surface area (Å²) in [5.41, 5.74) is 1.65. The van der Waals surface area contributed by atoms with Crippen LogP contribution in [0.5, 0.6) is 0 Å². The Balaban J connectivity index is 2.35. The van der Waals surface area contributed by atoms with Crippen molar-refractivity contribution in [1.82, 2.24) is 5.32 Å². The molecular weight excluding hydrogens is 514 g/mol. The number of alkyl carbamates (subject to hydrolysis) is 1. The number of nitrogens with one attached hydrogen (secondary N) is 1. The Labute approximate surface area is 235 Å². The van der Waals surface area contributed by atoms with Crippen LogP contribution in [0.3, 0.4) is 0 Å². The third kappa shape index (κ3) is 8.30. The number of carbonyl (C=O) groups excluding carboxylic acids is 3. The van der Waals surface area contributed by atoms with Gasteiger partial charge >= 0.3 is 18.0 Å². The Morgan fingerprint density at radius 3 is 2.03 bits per heavy atom. The number of unbranched alkanes of at least 4 members (excludes halogenated alkanes) is 1. The highest BCUT2D eigenvalue weighted by atomic mass is 28.4. The molecule has 220 valence electrons. The highest BCUT2D eigenvalue weighted by Crippen LogP contribution is 2.45. The summed E-state index contributed by atoms with van der Waals surface area (Å²) >= 11 is 0. The third-order valence-corrected chi connectivity index (χ3v) is 14.0. The van der Waals surface area contributed by atoms with Crippen LogP contribution < -0.4 is 5.32 Å². The van der Waals surface area contributed by atoms with Gasteiger partial charge in [-0.05, 0) is 42.5 Å². The molecule has 0 spiro atoms. The number of benzene rings is 1. The molecule has 8 nitrogen and oxygen atoms in total. The number of ether oxygens (including phenoxy) is 3. The second-order valence-corrected chi connectivity index (χ2v) is 17.0. The SMILES string of the molecule is CCCC[C@H]1C(=O)O[C@H](C)[C@H](NC(=O)OCc2ccccc2)C(=O)O[C@@H](C)[C@@H]1O[Si](C(C)C)(C(C)C)C(C)C. The quantitative estimate of drug-likeness (QED) is 0.186. The molecule has 1 amide bonds. The average Bonchev–Trinajstić information content (AvgIpc) is 2.89. The summed E-state index contributed by atoms with van der Waals surface area (Å²) in [6.45, 7) is 18.6. The van der Waals surface area contributed by atoms with Crippen LogP contribution in [0.2, 0.25) is 16.6 Å². The van der Waals surface area contributed by atoms with Crippen LogP contribution in [0.1, 0.15) is 87.1 Å². The van der Waals surface area contributed by atoms with Crippen LogP contribution in [-0.2, 0) is 34.8 Å². The minimum Gasteiger partial charge on any atom is -0.460 e. The van der Waals surface area contributed by atoms with Crippen molar-refractivity contribution in [3.8, 4) is 0 Å². The molecule has 1 fully saturated rings. The van der Waals surface area contributed by atoms with E-state index >= 15 is 0 Å². The number of hydrogen-bond donors (Lipinski definition) is 1. The Morgan fingerprint density at radius 1 is 0.923 bits per heavy atom. The molecule has 1 aliphatic rings. The van der Waals surface area contributed by atoms with Gasteiger partial charge in [-0.25, -0.2) is 9.59 Å². The first kappa shape index (κ1) is 32.8. The lowest BCUT2D eigenvalue weighted by Crippen LogP contribution is -2.55. The van der Waals surface area contributed by atoms with Gasteiger partial charge in [-0.3, -0.25) is 4.79 Å². The predicted molar refractivity (Wildman–Crippen MR) is 154 cm³/mol. The molecular formula is C30H49NO7Si. The number of cyclic esters (lactones) is 2. The molecule has 0 aromatic heterocycles. The van der Waals surface area contributed by atoms with Crippen molar-refractivity contribution in [3.63, 3.8) is 0 Å².